The zero-order valence-corrected chi connectivity index (χ0v) is 11.3. The first kappa shape index (κ1) is 13.4. The summed E-state index contributed by atoms with van der Waals surface area (Å²) in [6.45, 7) is 0. The number of furan rings is 1. The van der Waals surface area contributed by atoms with E-state index in [9.17, 15) is 8.78 Å². The first-order chi connectivity index (χ1) is 10.1. The van der Waals surface area contributed by atoms with Gasteiger partial charge in [0, 0.05) is 31.2 Å². The van der Waals surface area contributed by atoms with Crippen LogP contribution in [-0.4, -0.2) is 9.55 Å². The summed E-state index contributed by atoms with van der Waals surface area (Å²) >= 11 is 0. The summed E-state index contributed by atoms with van der Waals surface area (Å²) in [5.74, 6) is -0.450. The van der Waals surface area contributed by atoms with E-state index in [-0.39, 0.29) is 0 Å². The second-order valence-corrected chi connectivity index (χ2v) is 4.62. The predicted molar refractivity (Wildman–Crippen MR) is 73.7 cm³/mol. The fourth-order valence-electron chi connectivity index (χ4n) is 2.13. The third-order valence-electron chi connectivity index (χ3n) is 3.17. The maximum atomic E-state index is 13.3. The summed E-state index contributed by atoms with van der Waals surface area (Å²) in [5.41, 5.74) is 0.443. The molecule has 21 heavy (non-hydrogen) atoms. The minimum Gasteiger partial charge on any atom is -0.467 e. The Hall–Kier alpha value is -2.63. The predicted octanol–water partition coefficient (Wildman–Crippen LogP) is 3.49. The lowest BCUT2D eigenvalue weighted by Gasteiger charge is -2.18. The van der Waals surface area contributed by atoms with Crippen molar-refractivity contribution in [1.29, 1.82) is 0 Å². The minimum atomic E-state index is -0.905. The molecule has 0 saturated heterocycles. The second kappa shape index (κ2) is 5.40. The number of anilines is 1. The molecule has 1 aromatic carbocycles. The van der Waals surface area contributed by atoms with Crippen LogP contribution in [0.25, 0.3) is 0 Å². The monoisotopic (exact) mass is 289 g/mol. The smallest absolute Gasteiger partial charge is 0.160 e. The van der Waals surface area contributed by atoms with Crippen molar-refractivity contribution >= 4 is 5.69 Å². The van der Waals surface area contributed by atoms with Gasteiger partial charge >= 0.3 is 0 Å². The summed E-state index contributed by atoms with van der Waals surface area (Å²) in [6.07, 6.45) is 5.02. The van der Waals surface area contributed by atoms with Crippen LogP contribution in [-0.2, 0) is 7.05 Å². The van der Waals surface area contributed by atoms with Crippen LogP contribution in [0.3, 0.4) is 0 Å². The van der Waals surface area contributed by atoms with E-state index in [1.54, 1.807) is 30.8 Å². The molecule has 1 unspecified atom stereocenters. The lowest BCUT2D eigenvalue weighted by molar-refractivity contribution is 0.487. The molecular formula is C15H13F2N3O. The van der Waals surface area contributed by atoms with Crippen LogP contribution in [0.1, 0.15) is 17.6 Å². The highest BCUT2D eigenvalue weighted by molar-refractivity contribution is 5.47. The Bertz CT molecular complexity index is 737. The number of aromatic nitrogens is 2. The van der Waals surface area contributed by atoms with Gasteiger partial charge in [-0.25, -0.2) is 13.8 Å². The Morgan fingerprint density at radius 1 is 1.24 bits per heavy atom. The van der Waals surface area contributed by atoms with Crippen LogP contribution in [0.15, 0.2) is 53.4 Å². The third kappa shape index (κ3) is 2.65. The molecule has 0 saturated carbocycles. The molecule has 108 valence electrons. The lowest BCUT2D eigenvalue weighted by Crippen LogP contribution is -2.16. The lowest BCUT2D eigenvalue weighted by atomic mass is 10.2. The van der Waals surface area contributed by atoms with Crippen molar-refractivity contribution in [3.05, 3.63) is 72.2 Å². The Morgan fingerprint density at radius 3 is 2.71 bits per heavy atom. The van der Waals surface area contributed by atoms with Crippen LogP contribution in [0.2, 0.25) is 0 Å². The quantitative estimate of drug-likeness (QED) is 0.799. The molecule has 3 rings (SSSR count). The summed E-state index contributed by atoms with van der Waals surface area (Å²) in [4.78, 5) is 4.28. The molecule has 1 atom stereocenters. The maximum Gasteiger partial charge on any atom is 0.160 e. The number of rotatable bonds is 4. The fourth-order valence-corrected chi connectivity index (χ4v) is 2.13. The van der Waals surface area contributed by atoms with E-state index in [4.69, 9.17) is 4.42 Å². The van der Waals surface area contributed by atoms with Gasteiger partial charge in [0.25, 0.3) is 0 Å². The average molecular weight is 289 g/mol. The topological polar surface area (TPSA) is 43.0 Å². The third-order valence-corrected chi connectivity index (χ3v) is 3.17. The Labute approximate surface area is 120 Å². The highest BCUT2D eigenvalue weighted by Gasteiger charge is 2.21. The number of nitrogens with one attached hydrogen (secondary N) is 1. The van der Waals surface area contributed by atoms with E-state index in [1.807, 2.05) is 11.6 Å². The van der Waals surface area contributed by atoms with Gasteiger partial charge in [-0.2, -0.15) is 0 Å². The largest absolute Gasteiger partial charge is 0.467 e. The van der Waals surface area contributed by atoms with Gasteiger partial charge in [0.15, 0.2) is 11.6 Å². The van der Waals surface area contributed by atoms with E-state index in [1.165, 1.54) is 6.07 Å². The van der Waals surface area contributed by atoms with Gasteiger partial charge in [-0.1, -0.05) is 0 Å². The van der Waals surface area contributed by atoms with Crippen LogP contribution in [0.5, 0.6) is 0 Å². The Balaban J connectivity index is 1.97. The number of imidazole rings is 1. The van der Waals surface area contributed by atoms with Gasteiger partial charge in [0.1, 0.15) is 17.6 Å². The molecule has 6 heteroatoms. The van der Waals surface area contributed by atoms with Crippen LogP contribution in [0, 0.1) is 11.6 Å². The zero-order chi connectivity index (χ0) is 14.8. The molecule has 2 heterocycles. The Morgan fingerprint density at radius 2 is 2.10 bits per heavy atom. The zero-order valence-electron chi connectivity index (χ0n) is 11.3. The SMILES string of the molecule is Cn1ccnc1C(Nc1ccc(F)c(F)c1)c1ccco1. The summed E-state index contributed by atoms with van der Waals surface area (Å²) < 4.78 is 33.6. The number of hydrogen-bond donors (Lipinski definition) is 1. The van der Waals surface area contributed by atoms with Crippen molar-refractivity contribution in [2.24, 2.45) is 7.05 Å². The van der Waals surface area contributed by atoms with E-state index >= 15 is 0 Å². The summed E-state index contributed by atoms with van der Waals surface area (Å²) in [6, 6.07) is 6.82. The van der Waals surface area contributed by atoms with Crippen molar-refractivity contribution < 1.29 is 13.2 Å². The first-order valence-corrected chi connectivity index (χ1v) is 6.37. The van der Waals surface area contributed by atoms with E-state index < -0.39 is 17.7 Å². The van der Waals surface area contributed by atoms with Crippen molar-refractivity contribution in [3.8, 4) is 0 Å². The number of aryl methyl sites for hydroxylation is 1. The standard InChI is InChI=1S/C15H13F2N3O/c1-20-7-6-18-15(20)14(13-3-2-8-21-13)19-10-4-5-11(16)12(17)9-10/h2-9,14,19H,1H3. The molecule has 0 aliphatic rings. The van der Waals surface area contributed by atoms with E-state index in [2.05, 4.69) is 10.3 Å². The number of hydrogen-bond acceptors (Lipinski definition) is 3. The van der Waals surface area contributed by atoms with Gasteiger partial charge < -0.3 is 14.3 Å². The first-order valence-electron chi connectivity index (χ1n) is 6.37. The van der Waals surface area contributed by atoms with Gasteiger partial charge in [-0.05, 0) is 24.3 Å². The van der Waals surface area contributed by atoms with Crippen molar-refractivity contribution in [3.63, 3.8) is 0 Å². The molecule has 0 bridgehead atoms. The number of nitrogens with zero attached hydrogens (tertiary/aromatic N) is 2. The fraction of sp³-hybridized carbons (Fsp3) is 0.133. The molecule has 0 amide bonds. The molecule has 0 aliphatic carbocycles. The molecule has 0 radical (unpaired) electrons. The molecule has 0 fully saturated rings. The molecular weight excluding hydrogens is 276 g/mol. The van der Waals surface area contributed by atoms with E-state index in [0.717, 1.165) is 12.1 Å². The number of halogens is 2. The molecule has 4 nitrogen and oxygen atoms in total. The molecule has 2 aromatic heterocycles. The van der Waals surface area contributed by atoms with Crippen molar-refractivity contribution in [2.75, 3.05) is 5.32 Å². The van der Waals surface area contributed by atoms with Crippen LogP contribution >= 0.6 is 0 Å². The summed E-state index contributed by atoms with van der Waals surface area (Å²) in [5, 5.41) is 3.11. The van der Waals surface area contributed by atoms with Crippen molar-refractivity contribution in [2.45, 2.75) is 6.04 Å². The minimum absolute atomic E-state index is 0.398. The van der Waals surface area contributed by atoms with Gasteiger partial charge in [-0.15, -0.1) is 0 Å². The van der Waals surface area contributed by atoms with Gasteiger partial charge in [0.2, 0.25) is 0 Å². The normalized spacial score (nSPS) is 12.3. The maximum absolute atomic E-state index is 13.3. The molecule has 1 N–H and O–H groups in total. The van der Waals surface area contributed by atoms with Crippen LogP contribution < -0.4 is 5.32 Å². The number of benzene rings is 1. The van der Waals surface area contributed by atoms with Gasteiger partial charge in [-0.3, -0.25) is 0 Å². The average Bonchev–Trinajstić information content (AvgIpc) is 3.12. The molecule has 0 aliphatic heterocycles. The van der Waals surface area contributed by atoms with E-state index in [0.29, 0.717) is 17.3 Å². The van der Waals surface area contributed by atoms with Crippen LogP contribution in [0.4, 0.5) is 14.5 Å². The highest BCUT2D eigenvalue weighted by Crippen LogP contribution is 2.26. The second-order valence-electron chi connectivity index (χ2n) is 4.62. The Kier molecular flexibility index (Phi) is 3.43. The molecule has 3 aromatic rings. The molecule has 0 spiro atoms. The van der Waals surface area contributed by atoms with Gasteiger partial charge in [0.05, 0.1) is 6.26 Å². The summed E-state index contributed by atoms with van der Waals surface area (Å²) in [7, 11) is 1.85. The van der Waals surface area contributed by atoms with Crippen molar-refractivity contribution in [1.82, 2.24) is 9.55 Å². The highest BCUT2D eigenvalue weighted by atomic mass is 19.2.